The summed E-state index contributed by atoms with van der Waals surface area (Å²) < 4.78 is 0. The molecule has 0 aromatic carbocycles. The maximum Gasteiger partial charge on any atom is -0.0348 e. The molecule has 0 heteroatoms. The minimum Gasteiger partial charge on any atom is -0.0885 e. The van der Waals surface area contributed by atoms with Crippen molar-refractivity contribution < 1.29 is 0 Å². The zero-order valence-corrected chi connectivity index (χ0v) is 21.3. The van der Waals surface area contributed by atoms with Gasteiger partial charge in [0, 0.05) is 0 Å². The van der Waals surface area contributed by atoms with Gasteiger partial charge in [0.2, 0.25) is 0 Å². The number of hydrogen-bond acceptors (Lipinski definition) is 0. The van der Waals surface area contributed by atoms with Crippen molar-refractivity contribution in [3.05, 3.63) is 12.2 Å². The Labute approximate surface area is 186 Å². The molecule has 0 rings (SSSR count). The number of hydrogen-bond donors (Lipinski definition) is 0. The third kappa shape index (κ3) is 22.3. The van der Waals surface area contributed by atoms with Crippen molar-refractivity contribution in [2.75, 3.05) is 0 Å². The van der Waals surface area contributed by atoms with Crippen LogP contribution in [0.1, 0.15) is 157 Å². The molecule has 0 heterocycles. The van der Waals surface area contributed by atoms with E-state index in [0.29, 0.717) is 0 Å². The first-order chi connectivity index (χ1) is 14.1. The Kier molecular flexibility index (Phi) is 22.2. The van der Waals surface area contributed by atoms with Crippen LogP contribution in [0.3, 0.4) is 0 Å². The van der Waals surface area contributed by atoms with Crippen LogP contribution in [0.15, 0.2) is 12.2 Å². The van der Waals surface area contributed by atoms with Gasteiger partial charge < -0.3 is 0 Å². The lowest BCUT2D eigenvalue weighted by molar-refractivity contribution is 0.362. The van der Waals surface area contributed by atoms with E-state index in [4.69, 9.17) is 0 Å². The van der Waals surface area contributed by atoms with Crippen molar-refractivity contribution in [1.29, 1.82) is 0 Å². The fraction of sp³-hybridized carbons (Fsp3) is 0.931. The Morgan fingerprint density at radius 3 is 1.52 bits per heavy atom. The van der Waals surface area contributed by atoms with E-state index in [-0.39, 0.29) is 0 Å². The molecule has 0 saturated carbocycles. The quantitative estimate of drug-likeness (QED) is 0.124. The number of rotatable bonds is 22. The molecular weight excluding hydrogens is 348 g/mol. The second kappa shape index (κ2) is 22.4. The normalized spacial score (nSPS) is 15.1. The van der Waals surface area contributed by atoms with Crippen molar-refractivity contribution in [1.82, 2.24) is 0 Å². The topological polar surface area (TPSA) is 0 Å². The molecular formula is C29H58. The SMILES string of the molecule is CCCCCCCCCC(C)CCC=CCCCC(C)CC(C)CCCCCC. The summed E-state index contributed by atoms with van der Waals surface area (Å²) >= 11 is 0. The molecule has 0 radical (unpaired) electrons. The number of unbranched alkanes of at least 4 members (excludes halogenated alkanes) is 10. The van der Waals surface area contributed by atoms with Gasteiger partial charge in [0.15, 0.2) is 0 Å². The van der Waals surface area contributed by atoms with Crippen molar-refractivity contribution >= 4 is 0 Å². The largest absolute Gasteiger partial charge is 0.0885 e. The Morgan fingerprint density at radius 2 is 0.897 bits per heavy atom. The fourth-order valence-corrected chi connectivity index (χ4v) is 4.64. The van der Waals surface area contributed by atoms with Crippen molar-refractivity contribution in [3.63, 3.8) is 0 Å². The van der Waals surface area contributed by atoms with E-state index < -0.39 is 0 Å². The lowest BCUT2D eigenvalue weighted by Gasteiger charge is -2.17. The molecule has 0 aliphatic heterocycles. The second-order valence-electron chi connectivity index (χ2n) is 10.3. The van der Waals surface area contributed by atoms with Gasteiger partial charge in [-0.1, -0.05) is 137 Å². The van der Waals surface area contributed by atoms with E-state index in [1.54, 1.807) is 0 Å². The predicted octanol–water partition coefficient (Wildman–Crippen LogP) is 10.9. The molecule has 174 valence electrons. The minimum atomic E-state index is 0.909. The molecule has 0 bridgehead atoms. The van der Waals surface area contributed by atoms with Gasteiger partial charge in [-0.25, -0.2) is 0 Å². The van der Waals surface area contributed by atoms with Crippen LogP contribution in [0, 0.1) is 17.8 Å². The van der Waals surface area contributed by atoms with Gasteiger partial charge in [0.25, 0.3) is 0 Å². The van der Waals surface area contributed by atoms with Crippen LogP contribution in [0.25, 0.3) is 0 Å². The van der Waals surface area contributed by atoms with Crippen LogP contribution in [0.4, 0.5) is 0 Å². The van der Waals surface area contributed by atoms with E-state index in [0.717, 1.165) is 17.8 Å². The summed E-state index contributed by atoms with van der Waals surface area (Å²) in [6.07, 6.45) is 31.8. The van der Waals surface area contributed by atoms with Crippen LogP contribution in [0.2, 0.25) is 0 Å². The first-order valence-electron chi connectivity index (χ1n) is 13.7. The van der Waals surface area contributed by atoms with Crippen LogP contribution < -0.4 is 0 Å². The molecule has 0 saturated heterocycles. The number of allylic oxidation sites excluding steroid dienone is 2. The summed E-state index contributed by atoms with van der Waals surface area (Å²) in [5.74, 6) is 2.75. The smallest absolute Gasteiger partial charge is 0.0348 e. The zero-order valence-electron chi connectivity index (χ0n) is 21.3. The van der Waals surface area contributed by atoms with Gasteiger partial charge in [-0.3, -0.25) is 0 Å². The van der Waals surface area contributed by atoms with E-state index in [9.17, 15) is 0 Å². The lowest BCUT2D eigenvalue weighted by atomic mass is 9.89. The Balaban J connectivity index is 3.47. The fourth-order valence-electron chi connectivity index (χ4n) is 4.64. The lowest BCUT2D eigenvalue weighted by Crippen LogP contribution is -2.03. The summed E-state index contributed by atoms with van der Waals surface area (Å²) in [4.78, 5) is 0. The molecule has 0 aromatic heterocycles. The van der Waals surface area contributed by atoms with Gasteiger partial charge >= 0.3 is 0 Å². The van der Waals surface area contributed by atoms with Crippen molar-refractivity contribution in [3.8, 4) is 0 Å². The maximum absolute atomic E-state index is 2.47. The third-order valence-electron chi connectivity index (χ3n) is 6.72. The van der Waals surface area contributed by atoms with Gasteiger partial charge in [-0.05, 0) is 49.9 Å². The average Bonchev–Trinajstić information content (AvgIpc) is 2.69. The second-order valence-corrected chi connectivity index (χ2v) is 10.3. The zero-order chi connectivity index (χ0) is 21.6. The molecule has 29 heavy (non-hydrogen) atoms. The van der Waals surface area contributed by atoms with Crippen LogP contribution >= 0.6 is 0 Å². The first kappa shape index (κ1) is 28.7. The van der Waals surface area contributed by atoms with E-state index in [1.807, 2.05) is 0 Å². The van der Waals surface area contributed by atoms with Gasteiger partial charge in [-0.2, -0.15) is 0 Å². The molecule has 3 atom stereocenters. The summed E-state index contributed by atoms with van der Waals surface area (Å²) in [5, 5.41) is 0. The molecule has 0 aromatic rings. The summed E-state index contributed by atoms with van der Waals surface area (Å²) in [7, 11) is 0. The molecule has 0 N–H and O–H groups in total. The molecule has 0 nitrogen and oxygen atoms in total. The summed E-state index contributed by atoms with van der Waals surface area (Å²) in [6.45, 7) is 12.0. The van der Waals surface area contributed by atoms with E-state index >= 15 is 0 Å². The van der Waals surface area contributed by atoms with Gasteiger partial charge in [0.05, 0.1) is 0 Å². The molecule has 3 unspecified atom stereocenters. The summed E-state index contributed by atoms with van der Waals surface area (Å²) in [6, 6.07) is 0. The standard InChI is InChI=1S/C29H58/c1-6-8-10-12-13-15-19-22-27(3)23-20-16-14-17-21-25-29(5)26-28(4)24-18-11-9-7-2/h14,16,27-29H,6-13,15,17-26H2,1-5H3. The van der Waals surface area contributed by atoms with Gasteiger partial charge in [0.1, 0.15) is 0 Å². The van der Waals surface area contributed by atoms with Crippen LogP contribution in [-0.2, 0) is 0 Å². The van der Waals surface area contributed by atoms with Crippen molar-refractivity contribution in [2.24, 2.45) is 17.8 Å². The molecule has 0 spiro atoms. The third-order valence-corrected chi connectivity index (χ3v) is 6.72. The predicted molar refractivity (Wildman–Crippen MR) is 136 cm³/mol. The Hall–Kier alpha value is -0.260. The monoisotopic (exact) mass is 406 g/mol. The van der Waals surface area contributed by atoms with E-state index in [2.05, 4.69) is 46.8 Å². The maximum atomic E-state index is 2.47. The highest BCUT2D eigenvalue weighted by Crippen LogP contribution is 2.22. The highest BCUT2D eigenvalue weighted by molar-refractivity contribution is 4.82. The van der Waals surface area contributed by atoms with Crippen LogP contribution in [-0.4, -0.2) is 0 Å². The molecule has 0 fully saturated rings. The highest BCUT2D eigenvalue weighted by Gasteiger charge is 2.08. The first-order valence-corrected chi connectivity index (χ1v) is 13.7. The minimum absolute atomic E-state index is 0.909. The average molecular weight is 407 g/mol. The highest BCUT2D eigenvalue weighted by atomic mass is 14.1. The van der Waals surface area contributed by atoms with Crippen molar-refractivity contribution in [2.45, 2.75) is 157 Å². The van der Waals surface area contributed by atoms with Gasteiger partial charge in [-0.15, -0.1) is 0 Å². The molecule has 0 aliphatic rings. The summed E-state index contributed by atoms with van der Waals surface area (Å²) in [5.41, 5.74) is 0. The molecule has 0 aliphatic carbocycles. The Bertz CT molecular complexity index is 329. The Morgan fingerprint density at radius 1 is 0.448 bits per heavy atom. The molecule has 0 amide bonds. The van der Waals surface area contributed by atoms with Crippen LogP contribution in [0.5, 0.6) is 0 Å². The van der Waals surface area contributed by atoms with E-state index in [1.165, 1.54) is 122 Å².